The molecule has 0 fully saturated rings. The van der Waals surface area contributed by atoms with Gasteiger partial charge in [-0.05, 0) is 94.0 Å². The van der Waals surface area contributed by atoms with Gasteiger partial charge < -0.3 is 13.9 Å². The highest BCUT2D eigenvalue weighted by Gasteiger charge is 2.24. The molecule has 0 radical (unpaired) electrons. The molecule has 0 atom stereocenters. The van der Waals surface area contributed by atoms with E-state index in [4.69, 9.17) is 4.42 Å². The van der Waals surface area contributed by atoms with Crippen molar-refractivity contribution >= 4 is 60.8 Å². The number of anilines is 3. The Balaban J connectivity index is 1.06. The lowest BCUT2D eigenvalue weighted by Crippen LogP contribution is -2.11. The average Bonchev–Trinajstić information content (AvgIpc) is 3.92. The van der Waals surface area contributed by atoms with Crippen LogP contribution in [-0.2, 0) is 0 Å². The molecular formula is C60H40N2O. The van der Waals surface area contributed by atoms with E-state index in [1.54, 1.807) is 0 Å². The van der Waals surface area contributed by atoms with Gasteiger partial charge in [0, 0.05) is 38.7 Å². The monoisotopic (exact) mass is 804 g/mol. The molecule has 0 amide bonds. The normalized spacial score (nSPS) is 11.5. The fourth-order valence-electron chi connectivity index (χ4n) is 9.46. The van der Waals surface area contributed by atoms with Crippen LogP contribution in [0, 0.1) is 0 Å². The Labute approximate surface area is 366 Å². The van der Waals surface area contributed by atoms with Gasteiger partial charge in [0.15, 0.2) is 0 Å². The van der Waals surface area contributed by atoms with Crippen molar-refractivity contribution in [3.8, 4) is 50.2 Å². The number of hydrogen-bond donors (Lipinski definition) is 0. The van der Waals surface area contributed by atoms with Crippen LogP contribution in [0.3, 0.4) is 0 Å². The number of aromatic nitrogens is 1. The molecule has 0 saturated heterocycles. The molecule has 3 heteroatoms. The van der Waals surface area contributed by atoms with Crippen molar-refractivity contribution in [3.05, 3.63) is 243 Å². The van der Waals surface area contributed by atoms with E-state index in [2.05, 4.69) is 252 Å². The number of benzene rings is 10. The Kier molecular flexibility index (Phi) is 8.83. The van der Waals surface area contributed by atoms with Crippen LogP contribution in [0.25, 0.3) is 93.9 Å². The first-order valence-corrected chi connectivity index (χ1v) is 21.5. The van der Waals surface area contributed by atoms with Gasteiger partial charge in [-0.2, -0.15) is 0 Å². The van der Waals surface area contributed by atoms with Crippen LogP contribution in [0.1, 0.15) is 0 Å². The molecule has 0 spiro atoms. The summed E-state index contributed by atoms with van der Waals surface area (Å²) in [6.07, 6.45) is 0. The van der Waals surface area contributed by atoms with Gasteiger partial charge in [0.1, 0.15) is 11.2 Å². The Morgan fingerprint density at radius 3 is 1.54 bits per heavy atom. The van der Waals surface area contributed by atoms with Crippen LogP contribution >= 0.6 is 0 Å². The van der Waals surface area contributed by atoms with Crippen LogP contribution < -0.4 is 4.90 Å². The lowest BCUT2D eigenvalue weighted by atomic mass is 9.96. The summed E-state index contributed by atoms with van der Waals surface area (Å²) >= 11 is 0. The van der Waals surface area contributed by atoms with Gasteiger partial charge in [-0.1, -0.05) is 182 Å². The van der Waals surface area contributed by atoms with Crippen molar-refractivity contribution in [3.63, 3.8) is 0 Å². The summed E-state index contributed by atoms with van der Waals surface area (Å²) in [5.74, 6) is 0. The molecule has 0 aliphatic rings. The minimum absolute atomic E-state index is 0.851. The summed E-state index contributed by atoms with van der Waals surface area (Å²) in [6, 6.07) is 87.0. The molecule has 12 aromatic rings. The first-order chi connectivity index (χ1) is 31.3. The van der Waals surface area contributed by atoms with Gasteiger partial charge in [-0.15, -0.1) is 0 Å². The molecular weight excluding hydrogens is 765 g/mol. The third-order valence-corrected chi connectivity index (χ3v) is 12.4. The van der Waals surface area contributed by atoms with E-state index in [1.165, 1.54) is 44.1 Å². The van der Waals surface area contributed by atoms with Crippen LogP contribution in [0.2, 0.25) is 0 Å². The maximum Gasteiger partial charge on any atom is 0.145 e. The number of para-hydroxylation sites is 4. The summed E-state index contributed by atoms with van der Waals surface area (Å²) < 4.78 is 9.36. The second-order valence-electron chi connectivity index (χ2n) is 16.1. The third kappa shape index (κ3) is 6.29. The van der Waals surface area contributed by atoms with Crippen LogP contribution in [0.4, 0.5) is 17.1 Å². The topological polar surface area (TPSA) is 21.3 Å². The summed E-state index contributed by atoms with van der Waals surface area (Å²) in [6.45, 7) is 0. The predicted octanol–water partition coefficient (Wildman–Crippen LogP) is 16.8. The molecule has 0 aliphatic heterocycles. The van der Waals surface area contributed by atoms with Gasteiger partial charge >= 0.3 is 0 Å². The summed E-state index contributed by atoms with van der Waals surface area (Å²) in [5, 5.41) is 4.61. The van der Waals surface area contributed by atoms with Crippen molar-refractivity contribution in [2.24, 2.45) is 0 Å². The maximum absolute atomic E-state index is 6.99. The molecule has 2 aromatic heterocycles. The fourth-order valence-corrected chi connectivity index (χ4v) is 9.46. The second kappa shape index (κ2) is 15.3. The van der Waals surface area contributed by atoms with Crippen LogP contribution in [0.5, 0.6) is 0 Å². The zero-order chi connectivity index (χ0) is 41.7. The lowest BCUT2D eigenvalue weighted by molar-refractivity contribution is 0.670. The van der Waals surface area contributed by atoms with E-state index in [9.17, 15) is 0 Å². The summed E-state index contributed by atoms with van der Waals surface area (Å²) in [7, 11) is 0. The Morgan fingerprint density at radius 2 is 0.857 bits per heavy atom. The first kappa shape index (κ1) is 36.5. The zero-order valence-electron chi connectivity index (χ0n) is 34.4. The number of fused-ring (bicyclic) bond motifs is 6. The Hall–Kier alpha value is -8.40. The van der Waals surface area contributed by atoms with Crippen molar-refractivity contribution in [2.75, 3.05) is 4.90 Å². The quantitative estimate of drug-likeness (QED) is 0.153. The van der Waals surface area contributed by atoms with Gasteiger partial charge in [0.25, 0.3) is 0 Å². The third-order valence-electron chi connectivity index (χ3n) is 12.4. The van der Waals surface area contributed by atoms with Crippen molar-refractivity contribution in [1.29, 1.82) is 0 Å². The minimum atomic E-state index is 0.851. The molecule has 3 nitrogen and oxygen atoms in total. The smallest absolute Gasteiger partial charge is 0.145 e. The highest BCUT2D eigenvalue weighted by atomic mass is 16.3. The average molecular weight is 805 g/mol. The number of rotatable bonds is 8. The van der Waals surface area contributed by atoms with Crippen molar-refractivity contribution in [1.82, 2.24) is 4.57 Å². The standard InChI is InChI=1S/C60H40N2O/c1-3-16-41(17-4-1)43-30-32-45(33-31-43)49-22-7-11-26-54(49)61(47-36-34-44(35-37-47)42-18-5-2-6-19-42)57-39-38-50(60-59(57)53-25-10-14-29-58(53)63-60)46-20-15-21-48(40-46)62-55-27-12-8-23-51(55)52-24-9-13-28-56(52)62/h1-40H. The van der Waals surface area contributed by atoms with Gasteiger partial charge in [0.05, 0.1) is 27.8 Å². The van der Waals surface area contributed by atoms with E-state index in [0.717, 1.165) is 66.9 Å². The minimum Gasteiger partial charge on any atom is -0.455 e. The molecule has 0 N–H and O–H groups in total. The molecule has 296 valence electrons. The summed E-state index contributed by atoms with van der Waals surface area (Å²) in [4.78, 5) is 2.41. The Morgan fingerprint density at radius 1 is 0.333 bits per heavy atom. The summed E-state index contributed by atoms with van der Waals surface area (Å²) in [5.41, 5.74) is 17.5. The van der Waals surface area contributed by atoms with Crippen molar-refractivity contribution in [2.45, 2.75) is 0 Å². The molecule has 63 heavy (non-hydrogen) atoms. The molecule has 0 aliphatic carbocycles. The highest BCUT2D eigenvalue weighted by Crippen LogP contribution is 2.49. The van der Waals surface area contributed by atoms with Gasteiger partial charge in [0.2, 0.25) is 0 Å². The molecule has 0 unspecified atom stereocenters. The molecule has 10 aromatic carbocycles. The van der Waals surface area contributed by atoms with E-state index in [-0.39, 0.29) is 0 Å². The molecule has 0 saturated carbocycles. The SMILES string of the molecule is c1ccc(-c2ccc(-c3ccccc3N(c3ccc(-c4ccccc4)cc3)c3ccc(-c4cccc(-n5c6ccccc6c6ccccc65)c4)c4oc5ccccc5c34)cc2)cc1. The van der Waals surface area contributed by atoms with E-state index >= 15 is 0 Å². The maximum atomic E-state index is 6.99. The van der Waals surface area contributed by atoms with E-state index < -0.39 is 0 Å². The Bertz CT molecular complexity index is 3550. The molecule has 2 heterocycles. The van der Waals surface area contributed by atoms with E-state index in [1.807, 2.05) is 0 Å². The molecule has 12 rings (SSSR count). The largest absolute Gasteiger partial charge is 0.455 e. The highest BCUT2D eigenvalue weighted by molar-refractivity contribution is 6.17. The zero-order valence-corrected chi connectivity index (χ0v) is 34.4. The lowest BCUT2D eigenvalue weighted by Gasteiger charge is -2.29. The molecule has 0 bridgehead atoms. The van der Waals surface area contributed by atoms with E-state index in [0.29, 0.717) is 0 Å². The van der Waals surface area contributed by atoms with Crippen molar-refractivity contribution < 1.29 is 4.42 Å². The van der Waals surface area contributed by atoms with Gasteiger partial charge in [-0.25, -0.2) is 0 Å². The number of furan rings is 1. The number of hydrogen-bond acceptors (Lipinski definition) is 2. The van der Waals surface area contributed by atoms with Crippen LogP contribution in [0.15, 0.2) is 247 Å². The second-order valence-corrected chi connectivity index (χ2v) is 16.1. The number of nitrogens with zero attached hydrogens (tertiary/aromatic N) is 2. The fraction of sp³-hybridized carbons (Fsp3) is 0. The van der Waals surface area contributed by atoms with Gasteiger partial charge in [-0.3, -0.25) is 0 Å². The first-order valence-electron chi connectivity index (χ1n) is 21.5. The van der Waals surface area contributed by atoms with Crippen LogP contribution in [-0.4, -0.2) is 4.57 Å². The predicted molar refractivity (Wildman–Crippen MR) is 264 cm³/mol.